The number of phenols is 1. The maximum atomic E-state index is 11.7. The van der Waals surface area contributed by atoms with Gasteiger partial charge in [-0.15, -0.1) is 0 Å². The number of rotatable bonds is 5. The Balaban J connectivity index is 3.01. The minimum atomic E-state index is -3.64. The summed E-state index contributed by atoms with van der Waals surface area (Å²) in [6, 6.07) is 4.94. The van der Waals surface area contributed by atoms with Crippen LogP contribution in [0.25, 0.3) is 0 Å². The zero-order valence-electron chi connectivity index (χ0n) is 11.8. The lowest BCUT2D eigenvalue weighted by molar-refractivity contribution is 0.476. The maximum Gasteiger partial charge on any atom is 0.299 e. The van der Waals surface area contributed by atoms with Crippen LogP contribution < -0.4 is 9.44 Å². The zero-order chi connectivity index (χ0) is 14.7. The number of anilines is 1. The van der Waals surface area contributed by atoms with Gasteiger partial charge < -0.3 is 5.11 Å². The molecule has 0 heterocycles. The molecule has 0 spiro atoms. The Morgan fingerprint density at radius 2 is 1.89 bits per heavy atom. The second-order valence-electron chi connectivity index (χ2n) is 5.48. The van der Waals surface area contributed by atoms with Gasteiger partial charge >= 0.3 is 0 Å². The Labute approximate surface area is 115 Å². The van der Waals surface area contributed by atoms with Crippen molar-refractivity contribution < 1.29 is 13.5 Å². The van der Waals surface area contributed by atoms with Crippen LogP contribution >= 0.6 is 0 Å². The number of phenolic OH excluding ortho intramolecular Hbond substituents is 1. The van der Waals surface area contributed by atoms with Gasteiger partial charge in [-0.1, -0.05) is 33.8 Å². The Morgan fingerprint density at radius 3 is 2.42 bits per heavy atom. The van der Waals surface area contributed by atoms with Gasteiger partial charge in [-0.05, 0) is 29.5 Å². The van der Waals surface area contributed by atoms with E-state index in [0.717, 1.165) is 5.56 Å². The van der Waals surface area contributed by atoms with Crippen molar-refractivity contribution in [1.82, 2.24) is 4.72 Å². The largest absolute Gasteiger partial charge is 0.506 e. The van der Waals surface area contributed by atoms with Crippen LogP contribution in [0.2, 0.25) is 0 Å². The van der Waals surface area contributed by atoms with Crippen LogP contribution in [0.5, 0.6) is 5.75 Å². The standard InChI is InChI=1S/C13H22N2O3S/c1-5-8-14-19(17,18)15-11-9-10(13(2,3)4)6-7-12(11)16/h6-7,9,14-16H,5,8H2,1-4H3. The summed E-state index contributed by atoms with van der Waals surface area (Å²) in [6.07, 6.45) is 0.703. The van der Waals surface area contributed by atoms with Crippen molar-refractivity contribution in [2.24, 2.45) is 0 Å². The van der Waals surface area contributed by atoms with Crippen molar-refractivity contribution in [2.75, 3.05) is 11.3 Å². The molecule has 19 heavy (non-hydrogen) atoms. The van der Waals surface area contributed by atoms with Gasteiger partial charge in [0.05, 0.1) is 5.69 Å². The lowest BCUT2D eigenvalue weighted by atomic mass is 9.87. The van der Waals surface area contributed by atoms with Crippen molar-refractivity contribution in [2.45, 2.75) is 39.5 Å². The first-order chi connectivity index (χ1) is 8.65. The number of hydrogen-bond donors (Lipinski definition) is 3. The molecule has 0 amide bonds. The van der Waals surface area contributed by atoms with Crippen LogP contribution in [-0.4, -0.2) is 20.1 Å². The molecule has 5 nitrogen and oxygen atoms in total. The molecule has 0 unspecified atom stereocenters. The smallest absolute Gasteiger partial charge is 0.299 e. The van der Waals surface area contributed by atoms with Crippen molar-refractivity contribution in [3.05, 3.63) is 23.8 Å². The lowest BCUT2D eigenvalue weighted by Crippen LogP contribution is -2.30. The van der Waals surface area contributed by atoms with E-state index in [1.54, 1.807) is 12.1 Å². The molecule has 1 aromatic carbocycles. The minimum Gasteiger partial charge on any atom is -0.506 e. The number of benzene rings is 1. The molecule has 6 heteroatoms. The number of hydrogen-bond acceptors (Lipinski definition) is 3. The maximum absolute atomic E-state index is 11.7. The molecule has 0 aliphatic heterocycles. The van der Waals surface area contributed by atoms with Crippen LogP contribution in [0.3, 0.4) is 0 Å². The predicted molar refractivity (Wildman–Crippen MR) is 77.6 cm³/mol. The summed E-state index contributed by atoms with van der Waals surface area (Å²) in [6.45, 7) is 8.29. The molecule has 1 rings (SSSR count). The summed E-state index contributed by atoms with van der Waals surface area (Å²) in [5.74, 6) is -0.0881. The Morgan fingerprint density at radius 1 is 1.26 bits per heavy atom. The highest BCUT2D eigenvalue weighted by Crippen LogP contribution is 2.31. The van der Waals surface area contributed by atoms with E-state index in [9.17, 15) is 13.5 Å². The summed E-state index contributed by atoms with van der Waals surface area (Å²) in [5.41, 5.74) is 1.01. The molecule has 3 N–H and O–H groups in total. The lowest BCUT2D eigenvalue weighted by Gasteiger charge is -2.20. The topological polar surface area (TPSA) is 78.4 Å². The summed E-state index contributed by atoms with van der Waals surface area (Å²) < 4.78 is 28.2. The molecule has 1 aromatic rings. The average molecular weight is 286 g/mol. The zero-order valence-corrected chi connectivity index (χ0v) is 12.6. The average Bonchev–Trinajstić information content (AvgIpc) is 2.28. The van der Waals surface area contributed by atoms with Gasteiger partial charge in [0.25, 0.3) is 10.2 Å². The van der Waals surface area contributed by atoms with Crippen LogP contribution in [0.4, 0.5) is 5.69 Å². The van der Waals surface area contributed by atoms with Gasteiger partial charge in [-0.25, -0.2) is 0 Å². The molecule has 0 bridgehead atoms. The first kappa shape index (κ1) is 15.8. The van der Waals surface area contributed by atoms with Crippen LogP contribution in [-0.2, 0) is 15.6 Å². The monoisotopic (exact) mass is 286 g/mol. The first-order valence-corrected chi connectivity index (χ1v) is 7.75. The van der Waals surface area contributed by atoms with E-state index in [1.807, 2.05) is 27.7 Å². The van der Waals surface area contributed by atoms with Crippen LogP contribution in [0.1, 0.15) is 39.7 Å². The highest BCUT2D eigenvalue weighted by Gasteiger charge is 2.17. The van der Waals surface area contributed by atoms with Crippen molar-refractivity contribution >= 4 is 15.9 Å². The highest BCUT2D eigenvalue weighted by atomic mass is 32.2. The molecular weight excluding hydrogens is 264 g/mol. The van der Waals surface area contributed by atoms with Gasteiger partial charge in [-0.2, -0.15) is 13.1 Å². The summed E-state index contributed by atoms with van der Waals surface area (Å²) >= 11 is 0. The first-order valence-electron chi connectivity index (χ1n) is 6.26. The van der Waals surface area contributed by atoms with E-state index in [1.165, 1.54) is 6.07 Å². The molecule has 0 aliphatic carbocycles. The number of nitrogens with one attached hydrogen (secondary N) is 2. The van der Waals surface area contributed by atoms with Crippen molar-refractivity contribution in [1.29, 1.82) is 0 Å². The van der Waals surface area contributed by atoms with Crippen LogP contribution in [0, 0.1) is 0 Å². The van der Waals surface area contributed by atoms with Gasteiger partial charge in [0.15, 0.2) is 0 Å². The predicted octanol–water partition coefficient (Wildman–Crippen LogP) is 2.35. The van der Waals surface area contributed by atoms with E-state index < -0.39 is 10.2 Å². The fourth-order valence-electron chi connectivity index (χ4n) is 1.50. The minimum absolute atomic E-state index is 0.0881. The summed E-state index contributed by atoms with van der Waals surface area (Å²) in [7, 11) is -3.64. The Hall–Kier alpha value is -1.27. The van der Waals surface area contributed by atoms with Gasteiger partial charge in [0, 0.05) is 6.54 Å². The third-order valence-corrected chi connectivity index (χ3v) is 3.72. The molecule has 108 valence electrons. The molecule has 0 aliphatic rings. The molecular formula is C13H22N2O3S. The van der Waals surface area contributed by atoms with E-state index in [4.69, 9.17) is 0 Å². The number of aromatic hydroxyl groups is 1. The van der Waals surface area contributed by atoms with E-state index in [2.05, 4.69) is 9.44 Å². The molecule has 0 saturated heterocycles. The molecule has 0 radical (unpaired) electrons. The van der Waals surface area contributed by atoms with E-state index in [0.29, 0.717) is 13.0 Å². The molecule has 0 aromatic heterocycles. The summed E-state index contributed by atoms with van der Waals surface area (Å²) in [4.78, 5) is 0. The Kier molecular flexibility index (Phi) is 4.81. The fourth-order valence-corrected chi connectivity index (χ4v) is 2.50. The van der Waals surface area contributed by atoms with E-state index >= 15 is 0 Å². The highest BCUT2D eigenvalue weighted by molar-refractivity contribution is 7.90. The van der Waals surface area contributed by atoms with Gasteiger partial charge in [0.2, 0.25) is 0 Å². The SMILES string of the molecule is CCCNS(=O)(=O)Nc1cc(C(C)(C)C)ccc1O. The van der Waals surface area contributed by atoms with Crippen molar-refractivity contribution in [3.63, 3.8) is 0 Å². The van der Waals surface area contributed by atoms with Crippen molar-refractivity contribution in [3.8, 4) is 5.75 Å². The van der Waals surface area contributed by atoms with Gasteiger partial charge in [-0.3, -0.25) is 4.72 Å². The summed E-state index contributed by atoms with van der Waals surface area (Å²) in [5, 5.41) is 9.73. The van der Waals surface area contributed by atoms with Gasteiger partial charge in [0.1, 0.15) is 5.75 Å². The van der Waals surface area contributed by atoms with E-state index in [-0.39, 0.29) is 16.9 Å². The third kappa shape index (κ3) is 4.72. The third-order valence-electron chi connectivity index (χ3n) is 2.65. The fraction of sp³-hybridized carbons (Fsp3) is 0.538. The molecule has 0 fully saturated rings. The second-order valence-corrected chi connectivity index (χ2v) is 6.98. The normalized spacial score (nSPS) is 12.4. The second kappa shape index (κ2) is 5.79. The van der Waals surface area contributed by atoms with Crippen LogP contribution in [0.15, 0.2) is 18.2 Å². The molecule has 0 atom stereocenters. The Bertz CT molecular complexity index is 533. The molecule has 0 saturated carbocycles. The quantitative estimate of drug-likeness (QED) is 0.727.